The summed E-state index contributed by atoms with van der Waals surface area (Å²) in [5.41, 5.74) is 2.77. The molecule has 1 N–H and O–H groups in total. The van der Waals surface area contributed by atoms with Crippen molar-refractivity contribution in [2.45, 2.75) is 52.0 Å². The monoisotopic (exact) mass is 413 g/mol. The maximum Gasteiger partial charge on any atom is 0.247 e. The Morgan fingerprint density at radius 2 is 2.14 bits per heavy atom. The van der Waals surface area contributed by atoms with Crippen LogP contribution in [0.2, 0.25) is 0 Å². The van der Waals surface area contributed by atoms with Crippen molar-refractivity contribution in [1.29, 1.82) is 0 Å². The van der Waals surface area contributed by atoms with Crippen molar-refractivity contribution in [3.8, 4) is 5.75 Å². The van der Waals surface area contributed by atoms with Gasteiger partial charge < -0.3 is 15.0 Å². The van der Waals surface area contributed by atoms with Crippen molar-refractivity contribution in [3.63, 3.8) is 0 Å². The van der Waals surface area contributed by atoms with Gasteiger partial charge >= 0.3 is 0 Å². The van der Waals surface area contributed by atoms with Crippen molar-refractivity contribution >= 4 is 33.0 Å². The van der Waals surface area contributed by atoms with Crippen molar-refractivity contribution in [3.05, 3.63) is 35.7 Å². The van der Waals surface area contributed by atoms with E-state index in [2.05, 4.69) is 31.0 Å². The van der Waals surface area contributed by atoms with E-state index >= 15 is 0 Å². The third-order valence-electron chi connectivity index (χ3n) is 5.21. The highest BCUT2D eigenvalue weighted by Crippen LogP contribution is 2.33. The Labute approximate surface area is 174 Å². The van der Waals surface area contributed by atoms with E-state index in [-0.39, 0.29) is 17.4 Å². The second-order valence-electron chi connectivity index (χ2n) is 8.53. The molecule has 0 spiro atoms. The highest BCUT2D eigenvalue weighted by molar-refractivity contribution is 7.20. The molecule has 1 fully saturated rings. The van der Waals surface area contributed by atoms with Crippen LogP contribution in [0.4, 0.5) is 10.8 Å². The molecule has 1 unspecified atom stereocenters. The van der Waals surface area contributed by atoms with Gasteiger partial charge in [0.25, 0.3) is 0 Å². The van der Waals surface area contributed by atoms with Gasteiger partial charge in [-0.25, -0.2) is 9.50 Å². The lowest BCUT2D eigenvalue weighted by atomic mass is 9.93. The largest absolute Gasteiger partial charge is 0.495 e. The first kappa shape index (κ1) is 19.7. The third kappa shape index (κ3) is 3.81. The van der Waals surface area contributed by atoms with Crippen LogP contribution in [0.25, 0.3) is 4.96 Å². The minimum atomic E-state index is -0.252. The molecule has 1 amide bonds. The molecule has 29 heavy (non-hydrogen) atoms. The maximum absolute atomic E-state index is 13.1. The number of rotatable bonds is 4. The van der Waals surface area contributed by atoms with E-state index < -0.39 is 0 Å². The number of imidazole rings is 1. The number of hydrogen-bond acceptors (Lipinski definition) is 6. The van der Waals surface area contributed by atoms with E-state index in [1.165, 1.54) is 11.3 Å². The number of aryl methyl sites for hydroxylation is 1. The first-order chi connectivity index (χ1) is 13.8. The number of carbonyl (C=O) groups excluding carboxylic acids is 1. The Kier molecular flexibility index (Phi) is 4.98. The lowest BCUT2D eigenvalue weighted by Gasteiger charge is -2.23. The van der Waals surface area contributed by atoms with Crippen LogP contribution in [0.5, 0.6) is 5.75 Å². The molecule has 1 atom stereocenters. The number of benzene rings is 1. The molecule has 1 aromatic carbocycles. The first-order valence-corrected chi connectivity index (χ1v) is 10.7. The zero-order valence-corrected chi connectivity index (χ0v) is 18.3. The van der Waals surface area contributed by atoms with E-state index in [4.69, 9.17) is 14.8 Å². The second kappa shape index (κ2) is 7.33. The summed E-state index contributed by atoms with van der Waals surface area (Å²) in [5.74, 6) is 0.630. The van der Waals surface area contributed by atoms with Gasteiger partial charge in [0.1, 0.15) is 11.8 Å². The van der Waals surface area contributed by atoms with Gasteiger partial charge in [-0.2, -0.15) is 0 Å². The van der Waals surface area contributed by atoms with E-state index in [0.717, 1.165) is 40.7 Å². The van der Waals surface area contributed by atoms with E-state index in [9.17, 15) is 4.79 Å². The van der Waals surface area contributed by atoms with Gasteiger partial charge in [0, 0.05) is 12.0 Å². The minimum Gasteiger partial charge on any atom is -0.495 e. The molecular weight excluding hydrogens is 386 g/mol. The zero-order valence-electron chi connectivity index (χ0n) is 17.5. The quantitative estimate of drug-likeness (QED) is 0.700. The summed E-state index contributed by atoms with van der Waals surface area (Å²) >= 11 is 1.53. The molecule has 0 saturated carbocycles. The number of ether oxygens (including phenoxy) is 1. The highest BCUT2D eigenvalue weighted by atomic mass is 32.1. The Morgan fingerprint density at radius 3 is 2.83 bits per heavy atom. The van der Waals surface area contributed by atoms with Crippen LogP contribution in [0, 0.1) is 6.92 Å². The second-order valence-corrected chi connectivity index (χ2v) is 9.47. The van der Waals surface area contributed by atoms with E-state index in [1.54, 1.807) is 7.11 Å². The van der Waals surface area contributed by atoms with Crippen molar-refractivity contribution in [2.24, 2.45) is 0 Å². The molecule has 1 aliphatic rings. The SMILES string of the molecule is COc1ccc(C)cc1NC(=O)C1CCCN1c1nn2cc(C(C)(C)C)nc2s1. The molecule has 4 rings (SSSR count). The van der Waals surface area contributed by atoms with Crippen LogP contribution in [0.1, 0.15) is 44.9 Å². The average Bonchev–Trinajstić information content (AvgIpc) is 3.35. The zero-order chi connectivity index (χ0) is 20.8. The first-order valence-electron chi connectivity index (χ1n) is 9.85. The summed E-state index contributed by atoms with van der Waals surface area (Å²) in [6, 6.07) is 5.52. The van der Waals surface area contributed by atoms with Crippen LogP contribution in [-0.4, -0.2) is 40.2 Å². The van der Waals surface area contributed by atoms with Crippen molar-refractivity contribution in [2.75, 3.05) is 23.9 Å². The molecule has 3 aromatic rings. The summed E-state index contributed by atoms with van der Waals surface area (Å²) in [7, 11) is 1.61. The lowest BCUT2D eigenvalue weighted by Crippen LogP contribution is -2.39. The number of methoxy groups -OCH3 is 1. The fourth-order valence-corrected chi connectivity index (χ4v) is 4.53. The molecule has 1 aliphatic heterocycles. The minimum absolute atomic E-state index is 0.0173. The molecule has 0 bridgehead atoms. The molecule has 0 radical (unpaired) electrons. The number of anilines is 2. The summed E-state index contributed by atoms with van der Waals surface area (Å²) in [6.45, 7) is 9.22. The Balaban J connectivity index is 1.56. The Hall–Kier alpha value is -2.61. The summed E-state index contributed by atoms with van der Waals surface area (Å²) in [4.78, 5) is 20.7. The molecule has 0 aliphatic carbocycles. The predicted molar refractivity (Wildman–Crippen MR) is 116 cm³/mol. The number of aromatic nitrogens is 3. The van der Waals surface area contributed by atoms with Crippen LogP contribution < -0.4 is 15.0 Å². The lowest BCUT2D eigenvalue weighted by molar-refractivity contribution is -0.117. The number of carbonyl (C=O) groups is 1. The molecule has 2 aromatic heterocycles. The number of hydrogen-bond donors (Lipinski definition) is 1. The standard InChI is InChI=1S/C21H27N5O2S/c1-13-8-9-16(28-5)14(11-13)22-18(27)15-7-6-10-25(15)20-24-26-12-17(21(2,3)4)23-19(26)29-20/h8-9,11-12,15H,6-7,10H2,1-5H3,(H,22,27). The van der Waals surface area contributed by atoms with Gasteiger partial charge in [0.2, 0.25) is 16.0 Å². The van der Waals surface area contributed by atoms with Crippen LogP contribution in [-0.2, 0) is 10.2 Å². The number of amides is 1. The van der Waals surface area contributed by atoms with Gasteiger partial charge in [-0.1, -0.05) is 38.2 Å². The Morgan fingerprint density at radius 1 is 1.34 bits per heavy atom. The third-order valence-corrected chi connectivity index (χ3v) is 6.17. The predicted octanol–water partition coefficient (Wildman–Crippen LogP) is 4.01. The summed E-state index contributed by atoms with van der Waals surface area (Å²) < 4.78 is 7.22. The van der Waals surface area contributed by atoms with Crippen molar-refractivity contribution < 1.29 is 9.53 Å². The van der Waals surface area contributed by atoms with Crippen LogP contribution >= 0.6 is 11.3 Å². The molecule has 3 heterocycles. The van der Waals surface area contributed by atoms with E-state index in [0.29, 0.717) is 11.4 Å². The van der Waals surface area contributed by atoms with E-state index in [1.807, 2.05) is 35.8 Å². The summed E-state index contributed by atoms with van der Waals surface area (Å²) in [6.07, 6.45) is 3.74. The van der Waals surface area contributed by atoms with Crippen molar-refractivity contribution in [1.82, 2.24) is 14.6 Å². The van der Waals surface area contributed by atoms with Crippen LogP contribution in [0.3, 0.4) is 0 Å². The smallest absolute Gasteiger partial charge is 0.247 e. The van der Waals surface area contributed by atoms with Crippen LogP contribution in [0.15, 0.2) is 24.4 Å². The molecule has 8 heteroatoms. The summed E-state index contributed by atoms with van der Waals surface area (Å²) in [5, 5.41) is 8.59. The number of fused-ring (bicyclic) bond motifs is 1. The highest BCUT2D eigenvalue weighted by Gasteiger charge is 2.34. The number of nitrogens with zero attached hydrogens (tertiary/aromatic N) is 4. The molecule has 1 saturated heterocycles. The fourth-order valence-electron chi connectivity index (χ4n) is 3.57. The average molecular weight is 414 g/mol. The Bertz CT molecular complexity index is 1020. The van der Waals surface area contributed by atoms with Gasteiger partial charge in [-0.05, 0) is 37.5 Å². The van der Waals surface area contributed by atoms with Gasteiger partial charge in [-0.3, -0.25) is 4.79 Å². The topological polar surface area (TPSA) is 71.8 Å². The number of nitrogens with one attached hydrogen (secondary N) is 1. The van der Waals surface area contributed by atoms with Gasteiger partial charge in [-0.15, -0.1) is 5.10 Å². The molecular formula is C21H27N5O2S. The normalized spacial score (nSPS) is 17.1. The molecule has 154 valence electrons. The fraction of sp³-hybridized carbons (Fsp3) is 0.476. The van der Waals surface area contributed by atoms with Gasteiger partial charge in [0.15, 0.2) is 0 Å². The maximum atomic E-state index is 13.1. The van der Waals surface area contributed by atoms with Gasteiger partial charge in [0.05, 0.1) is 24.7 Å². The molecule has 7 nitrogen and oxygen atoms in total.